The van der Waals surface area contributed by atoms with E-state index in [1.807, 2.05) is 13.8 Å². The number of urea groups is 1. The number of anilines is 1. The highest BCUT2D eigenvalue weighted by atomic mass is 35.5. The Morgan fingerprint density at radius 2 is 2.25 bits per heavy atom. The van der Waals surface area contributed by atoms with Crippen molar-refractivity contribution < 1.29 is 14.6 Å². The predicted octanol–water partition coefficient (Wildman–Crippen LogP) is 2.88. The van der Waals surface area contributed by atoms with Crippen LogP contribution in [0.2, 0.25) is 5.02 Å². The molecule has 0 bridgehead atoms. The number of halogens is 1. The third kappa shape index (κ3) is 5.67. The summed E-state index contributed by atoms with van der Waals surface area (Å²) in [5.41, 5.74) is 0.603. The van der Waals surface area contributed by atoms with Gasteiger partial charge in [0.05, 0.1) is 11.6 Å². The zero-order valence-electron chi connectivity index (χ0n) is 11.8. The van der Waals surface area contributed by atoms with Gasteiger partial charge in [-0.3, -0.25) is 0 Å². The van der Waals surface area contributed by atoms with Crippen molar-refractivity contribution in [1.82, 2.24) is 5.32 Å². The monoisotopic (exact) mass is 300 g/mol. The fraction of sp³-hybridized carbons (Fsp3) is 0.500. The Morgan fingerprint density at radius 3 is 2.85 bits per heavy atom. The quantitative estimate of drug-likeness (QED) is 0.725. The number of carbonyl (C=O) groups excluding carboxylic acids is 1. The van der Waals surface area contributed by atoms with Crippen molar-refractivity contribution in [2.45, 2.75) is 20.3 Å². The molecule has 1 aromatic rings. The summed E-state index contributed by atoms with van der Waals surface area (Å²) >= 11 is 6.04. The van der Waals surface area contributed by atoms with Gasteiger partial charge in [-0.1, -0.05) is 18.5 Å². The zero-order valence-corrected chi connectivity index (χ0v) is 12.5. The molecule has 1 aromatic carbocycles. The molecule has 6 heteroatoms. The van der Waals surface area contributed by atoms with Crippen molar-refractivity contribution >= 4 is 23.3 Å². The number of nitrogens with one attached hydrogen (secondary N) is 2. The first-order chi connectivity index (χ1) is 9.56. The van der Waals surface area contributed by atoms with Gasteiger partial charge in [0.15, 0.2) is 0 Å². The largest absolute Gasteiger partial charge is 0.492 e. The van der Waals surface area contributed by atoms with Crippen molar-refractivity contribution in [3.05, 3.63) is 23.2 Å². The standard InChI is InChI=1S/C14H21ClN2O3/c1-3-20-13-5-4-11(8-12(13)15)17-14(19)16-9-10(2)6-7-18/h4-5,8,10,18H,3,6-7,9H2,1-2H3,(H2,16,17,19). The molecule has 1 atom stereocenters. The highest BCUT2D eigenvalue weighted by Crippen LogP contribution is 2.27. The van der Waals surface area contributed by atoms with Crippen LogP contribution in [-0.4, -0.2) is 30.9 Å². The molecule has 3 N–H and O–H groups in total. The summed E-state index contributed by atoms with van der Waals surface area (Å²) in [4.78, 5) is 11.7. The lowest BCUT2D eigenvalue weighted by Gasteiger charge is -2.13. The van der Waals surface area contributed by atoms with Gasteiger partial charge < -0.3 is 20.5 Å². The van der Waals surface area contributed by atoms with Gasteiger partial charge in [0, 0.05) is 18.8 Å². The van der Waals surface area contributed by atoms with Gasteiger partial charge in [0.1, 0.15) is 5.75 Å². The van der Waals surface area contributed by atoms with Gasteiger partial charge in [-0.25, -0.2) is 4.79 Å². The van der Waals surface area contributed by atoms with Crippen LogP contribution >= 0.6 is 11.6 Å². The maximum atomic E-state index is 11.7. The summed E-state index contributed by atoms with van der Waals surface area (Å²) in [5.74, 6) is 0.825. The molecule has 0 aliphatic heterocycles. The summed E-state index contributed by atoms with van der Waals surface area (Å²) in [5, 5.41) is 14.7. The molecule has 0 spiro atoms. The number of amides is 2. The van der Waals surface area contributed by atoms with E-state index < -0.39 is 0 Å². The molecule has 5 nitrogen and oxygen atoms in total. The van der Waals surface area contributed by atoms with Crippen LogP contribution in [0, 0.1) is 5.92 Å². The lowest BCUT2D eigenvalue weighted by Crippen LogP contribution is -2.32. The lowest BCUT2D eigenvalue weighted by molar-refractivity contribution is 0.243. The van der Waals surface area contributed by atoms with Crippen molar-refractivity contribution in [3.8, 4) is 5.75 Å². The Bertz CT molecular complexity index is 440. The zero-order chi connectivity index (χ0) is 15.0. The molecule has 0 radical (unpaired) electrons. The van der Waals surface area contributed by atoms with Crippen LogP contribution in [0.3, 0.4) is 0 Å². The molecule has 1 unspecified atom stereocenters. The molecule has 112 valence electrons. The van der Waals surface area contributed by atoms with Crippen LogP contribution in [-0.2, 0) is 0 Å². The summed E-state index contributed by atoms with van der Waals surface area (Å²) in [6.45, 7) is 5.01. The van der Waals surface area contributed by atoms with E-state index in [9.17, 15) is 4.79 Å². The fourth-order valence-electron chi connectivity index (χ4n) is 1.62. The lowest BCUT2D eigenvalue weighted by atomic mass is 10.1. The van der Waals surface area contributed by atoms with E-state index in [0.29, 0.717) is 36.0 Å². The number of carbonyl (C=O) groups is 1. The van der Waals surface area contributed by atoms with Gasteiger partial charge in [-0.05, 0) is 37.5 Å². The van der Waals surface area contributed by atoms with E-state index in [2.05, 4.69) is 10.6 Å². The second kappa shape index (κ2) is 8.66. The van der Waals surface area contributed by atoms with Gasteiger partial charge in [0.2, 0.25) is 0 Å². The van der Waals surface area contributed by atoms with Crippen molar-refractivity contribution in [2.24, 2.45) is 5.92 Å². The predicted molar refractivity (Wildman–Crippen MR) is 80.5 cm³/mol. The molecule has 0 aromatic heterocycles. The van der Waals surface area contributed by atoms with Crippen molar-refractivity contribution in [1.29, 1.82) is 0 Å². The van der Waals surface area contributed by atoms with Crippen LogP contribution in [0.5, 0.6) is 5.75 Å². The van der Waals surface area contributed by atoms with E-state index >= 15 is 0 Å². The first-order valence-electron chi connectivity index (χ1n) is 6.64. The minimum absolute atomic E-state index is 0.124. The highest BCUT2D eigenvalue weighted by Gasteiger charge is 2.07. The Kier molecular flexibility index (Phi) is 7.18. The van der Waals surface area contributed by atoms with Crippen molar-refractivity contribution in [3.63, 3.8) is 0 Å². The molecular formula is C14H21ClN2O3. The normalized spacial score (nSPS) is 11.8. The SMILES string of the molecule is CCOc1ccc(NC(=O)NCC(C)CCO)cc1Cl. The Labute approximate surface area is 124 Å². The molecule has 20 heavy (non-hydrogen) atoms. The highest BCUT2D eigenvalue weighted by molar-refractivity contribution is 6.32. The number of rotatable bonds is 7. The Balaban J connectivity index is 2.47. The molecular weight excluding hydrogens is 280 g/mol. The first-order valence-corrected chi connectivity index (χ1v) is 7.02. The van der Waals surface area contributed by atoms with E-state index in [0.717, 1.165) is 0 Å². The Hall–Kier alpha value is -1.46. The number of aliphatic hydroxyl groups excluding tert-OH is 1. The Morgan fingerprint density at radius 1 is 1.50 bits per heavy atom. The number of hydrogen-bond donors (Lipinski definition) is 3. The maximum absolute atomic E-state index is 11.7. The number of ether oxygens (including phenoxy) is 1. The molecule has 0 aliphatic rings. The molecule has 2 amide bonds. The van der Waals surface area contributed by atoms with E-state index in [-0.39, 0.29) is 18.6 Å². The topological polar surface area (TPSA) is 70.6 Å². The minimum Gasteiger partial charge on any atom is -0.492 e. The van der Waals surface area contributed by atoms with Gasteiger partial charge in [-0.15, -0.1) is 0 Å². The van der Waals surface area contributed by atoms with Crippen molar-refractivity contribution in [2.75, 3.05) is 25.1 Å². The molecule has 0 aliphatic carbocycles. The fourth-order valence-corrected chi connectivity index (χ4v) is 1.85. The third-order valence-corrected chi connectivity index (χ3v) is 3.02. The molecule has 0 saturated carbocycles. The van der Waals surface area contributed by atoms with Crippen LogP contribution in [0.4, 0.5) is 10.5 Å². The summed E-state index contributed by atoms with van der Waals surface area (Å²) < 4.78 is 5.32. The van der Waals surface area contributed by atoms with E-state index in [1.165, 1.54) is 0 Å². The molecule has 1 rings (SSSR count). The van der Waals surface area contributed by atoms with Gasteiger partial charge in [0.25, 0.3) is 0 Å². The summed E-state index contributed by atoms with van der Waals surface area (Å²) in [6, 6.07) is 4.79. The molecule has 0 heterocycles. The molecule has 0 fully saturated rings. The number of hydrogen-bond acceptors (Lipinski definition) is 3. The van der Waals surface area contributed by atoms with Gasteiger partial charge >= 0.3 is 6.03 Å². The second-order valence-corrected chi connectivity index (χ2v) is 4.94. The van der Waals surface area contributed by atoms with Crippen LogP contribution in [0.25, 0.3) is 0 Å². The summed E-state index contributed by atoms with van der Waals surface area (Å²) in [7, 11) is 0. The summed E-state index contributed by atoms with van der Waals surface area (Å²) in [6.07, 6.45) is 0.662. The smallest absolute Gasteiger partial charge is 0.319 e. The second-order valence-electron chi connectivity index (χ2n) is 4.53. The van der Waals surface area contributed by atoms with Crippen LogP contribution in [0.1, 0.15) is 20.3 Å². The van der Waals surface area contributed by atoms with Crippen LogP contribution < -0.4 is 15.4 Å². The van der Waals surface area contributed by atoms with E-state index in [1.54, 1.807) is 18.2 Å². The maximum Gasteiger partial charge on any atom is 0.319 e. The average Bonchev–Trinajstić information content (AvgIpc) is 2.40. The number of benzene rings is 1. The van der Waals surface area contributed by atoms with Crippen LogP contribution in [0.15, 0.2) is 18.2 Å². The average molecular weight is 301 g/mol. The van der Waals surface area contributed by atoms with Gasteiger partial charge in [-0.2, -0.15) is 0 Å². The minimum atomic E-state index is -0.296. The van der Waals surface area contributed by atoms with E-state index in [4.69, 9.17) is 21.4 Å². The molecule has 0 saturated heterocycles. The first kappa shape index (κ1) is 16.6. The third-order valence-electron chi connectivity index (χ3n) is 2.72. The number of aliphatic hydroxyl groups is 1.